The molecule has 0 saturated carbocycles. The van der Waals surface area contributed by atoms with Crippen molar-refractivity contribution in [1.29, 1.82) is 0 Å². The third-order valence-electron chi connectivity index (χ3n) is 1.69. The number of anilines is 1. The number of hydrazine groups is 1. The minimum atomic E-state index is -0.387. The standard InChI is InChI=1S/C9H12BrN3O2S/c10-7-5-6(11)1-2-8(7)16-4-3-9(14)15-13-12/h1-2,5,13H,3-4,11-12H2. The van der Waals surface area contributed by atoms with E-state index in [9.17, 15) is 4.79 Å². The van der Waals surface area contributed by atoms with Crippen molar-refractivity contribution < 1.29 is 9.63 Å². The number of benzene rings is 1. The SMILES string of the molecule is NNOC(=O)CCSc1ccc(N)cc1Br. The van der Waals surface area contributed by atoms with E-state index in [2.05, 4.69) is 20.8 Å². The highest BCUT2D eigenvalue weighted by Gasteiger charge is 2.05. The Bertz CT molecular complexity index is 376. The number of hydrogen-bond donors (Lipinski definition) is 3. The Balaban J connectivity index is 2.40. The predicted molar refractivity (Wildman–Crippen MR) is 67.3 cm³/mol. The van der Waals surface area contributed by atoms with Gasteiger partial charge >= 0.3 is 5.97 Å². The molecule has 0 aromatic heterocycles. The molecule has 0 unspecified atom stereocenters. The van der Waals surface area contributed by atoms with Crippen LogP contribution >= 0.6 is 27.7 Å². The van der Waals surface area contributed by atoms with E-state index in [0.717, 1.165) is 9.37 Å². The van der Waals surface area contributed by atoms with Gasteiger partial charge in [0.15, 0.2) is 0 Å². The molecule has 0 aliphatic rings. The van der Waals surface area contributed by atoms with Crippen molar-refractivity contribution in [1.82, 2.24) is 5.59 Å². The molecular weight excluding hydrogens is 294 g/mol. The number of halogens is 1. The molecule has 1 rings (SSSR count). The maximum atomic E-state index is 11.0. The molecule has 0 bridgehead atoms. The summed E-state index contributed by atoms with van der Waals surface area (Å²) in [5, 5.41) is 0. The first-order valence-electron chi connectivity index (χ1n) is 4.46. The molecule has 0 radical (unpaired) electrons. The summed E-state index contributed by atoms with van der Waals surface area (Å²) in [6, 6.07) is 5.53. The van der Waals surface area contributed by atoms with Crippen LogP contribution in [0.25, 0.3) is 0 Å². The van der Waals surface area contributed by atoms with Crippen molar-refractivity contribution in [2.75, 3.05) is 11.5 Å². The molecule has 1 aromatic carbocycles. The van der Waals surface area contributed by atoms with Gasteiger partial charge in [0.1, 0.15) is 0 Å². The van der Waals surface area contributed by atoms with Crippen molar-refractivity contribution >= 4 is 39.3 Å². The Kier molecular flexibility index (Phi) is 5.61. The van der Waals surface area contributed by atoms with Gasteiger partial charge in [0, 0.05) is 20.8 Å². The normalized spacial score (nSPS) is 10.1. The Morgan fingerprint density at radius 3 is 2.94 bits per heavy atom. The first kappa shape index (κ1) is 13.3. The molecule has 0 aliphatic heterocycles. The van der Waals surface area contributed by atoms with Gasteiger partial charge in [0.25, 0.3) is 0 Å². The number of nitrogens with two attached hydrogens (primary N) is 2. The first-order valence-corrected chi connectivity index (χ1v) is 6.24. The van der Waals surface area contributed by atoms with E-state index in [1.165, 1.54) is 11.8 Å². The van der Waals surface area contributed by atoms with Crippen LogP contribution in [0.1, 0.15) is 6.42 Å². The lowest BCUT2D eigenvalue weighted by atomic mass is 10.3. The molecule has 5 nitrogen and oxygen atoms in total. The minimum Gasteiger partial charge on any atom is -0.399 e. The zero-order chi connectivity index (χ0) is 12.0. The highest BCUT2D eigenvalue weighted by molar-refractivity contribution is 9.10. The summed E-state index contributed by atoms with van der Waals surface area (Å²) in [6.07, 6.45) is 0.283. The zero-order valence-electron chi connectivity index (χ0n) is 8.40. The zero-order valence-corrected chi connectivity index (χ0v) is 10.8. The number of nitrogens with one attached hydrogen (secondary N) is 1. The van der Waals surface area contributed by atoms with Crippen molar-refractivity contribution in [2.24, 2.45) is 5.84 Å². The summed E-state index contributed by atoms with van der Waals surface area (Å²) >= 11 is 4.93. The van der Waals surface area contributed by atoms with Gasteiger partial charge in [-0.05, 0) is 34.1 Å². The smallest absolute Gasteiger partial charge is 0.327 e. The summed E-state index contributed by atoms with van der Waals surface area (Å²) in [5.41, 5.74) is 8.16. The summed E-state index contributed by atoms with van der Waals surface area (Å²) < 4.78 is 0.919. The number of thioether (sulfide) groups is 1. The first-order chi connectivity index (χ1) is 7.63. The van der Waals surface area contributed by atoms with Crippen LogP contribution < -0.4 is 17.2 Å². The molecule has 0 fully saturated rings. The average Bonchev–Trinajstić information content (AvgIpc) is 2.22. The lowest BCUT2D eigenvalue weighted by Crippen LogP contribution is -2.26. The molecule has 0 aliphatic carbocycles. The van der Waals surface area contributed by atoms with Crippen LogP contribution in [0.2, 0.25) is 0 Å². The van der Waals surface area contributed by atoms with Crippen LogP contribution in [0.15, 0.2) is 27.6 Å². The van der Waals surface area contributed by atoms with E-state index in [1.54, 1.807) is 0 Å². The lowest BCUT2D eigenvalue weighted by molar-refractivity contribution is -0.150. The predicted octanol–water partition coefficient (Wildman–Crippen LogP) is 1.43. The fraction of sp³-hybridized carbons (Fsp3) is 0.222. The quantitative estimate of drug-likeness (QED) is 0.330. The minimum absolute atomic E-state index is 0.283. The van der Waals surface area contributed by atoms with Crippen LogP contribution in [0.4, 0.5) is 5.69 Å². The van der Waals surface area contributed by atoms with Gasteiger partial charge in [0.05, 0.1) is 6.42 Å². The number of hydrogen-bond acceptors (Lipinski definition) is 6. The second kappa shape index (κ2) is 6.74. The summed E-state index contributed by atoms with van der Waals surface area (Å²) in [7, 11) is 0. The molecule has 7 heteroatoms. The highest BCUT2D eigenvalue weighted by atomic mass is 79.9. The molecular formula is C9H12BrN3O2S. The van der Waals surface area contributed by atoms with Crippen LogP contribution in [0.5, 0.6) is 0 Å². The van der Waals surface area contributed by atoms with Gasteiger partial charge in [-0.1, -0.05) is 5.59 Å². The third-order valence-corrected chi connectivity index (χ3v) is 3.69. The van der Waals surface area contributed by atoms with Gasteiger partial charge in [0.2, 0.25) is 0 Å². The molecule has 0 atom stereocenters. The van der Waals surface area contributed by atoms with E-state index in [4.69, 9.17) is 11.6 Å². The van der Waals surface area contributed by atoms with Crippen LogP contribution in [0, 0.1) is 0 Å². The van der Waals surface area contributed by atoms with Crippen molar-refractivity contribution in [3.63, 3.8) is 0 Å². The van der Waals surface area contributed by atoms with E-state index in [1.807, 2.05) is 23.8 Å². The molecule has 5 N–H and O–H groups in total. The number of rotatable bonds is 5. The number of carbonyl (C=O) groups excluding carboxylic acids is 1. The third kappa shape index (κ3) is 4.40. The van der Waals surface area contributed by atoms with E-state index in [-0.39, 0.29) is 12.4 Å². The van der Waals surface area contributed by atoms with Gasteiger partial charge in [-0.15, -0.1) is 11.8 Å². The van der Waals surface area contributed by atoms with Crippen LogP contribution in [-0.2, 0) is 9.63 Å². The second-order valence-electron chi connectivity index (χ2n) is 2.88. The van der Waals surface area contributed by atoms with Gasteiger partial charge in [-0.3, -0.25) is 4.79 Å². The fourth-order valence-electron chi connectivity index (χ4n) is 0.995. The van der Waals surface area contributed by atoms with Crippen LogP contribution in [0.3, 0.4) is 0 Å². The Hall–Kier alpha value is -0.760. The van der Waals surface area contributed by atoms with Crippen molar-refractivity contribution in [3.05, 3.63) is 22.7 Å². The maximum Gasteiger partial charge on any atom is 0.327 e. The molecule has 1 aromatic rings. The van der Waals surface area contributed by atoms with Gasteiger partial charge < -0.3 is 10.6 Å². The molecule has 0 amide bonds. The van der Waals surface area contributed by atoms with Gasteiger partial charge in [-0.2, -0.15) is 0 Å². The monoisotopic (exact) mass is 305 g/mol. The maximum absolute atomic E-state index is 11.0. The second-order valence-corrected chi connectivity index (χ2v) is 4.87. The van der Waals surface area contributed by atoms with Gasteiger partial charge in [-0.25, -0.2) is 5.84 Å². The summed E-state index contributed by atoms with van der Waals surface area (Å²) in [6.45, 7) is 0. The molecule has 0 heterocycles. The van der Waals surface area contributed by atoms with Crippen molar-refractivity contribution in [2.45, 2.75) is 11.3 Å². The molecule has 16 heavy (non-hydrogen) atoms. The molecule has 0 saturated heterocycles. The summed E-state index contributed by atoms with van der Waals surface area (Å²) in [4.78, 5) is 16.4. The largest absolute Gasteiger partial charge is 0.399 e. The molecule has 88 valence electrons. The number of nitrogen functional groups attached to an aromatic ring is 1. The highest BCUT2D eigenvalue weighted by Crippen LogP contribution is 2.29. The van der Waals surface area contributed by atoms with E-state index < -0.39 is 0 Å². The van der Waals surface area contributed by atoms with Crippen molar-refractivity contribution in [3.8, 4) is 0 Å². The average molecular weight is 306 g/mol. The lowest BCUT2D eigenvalue weighted by Gasteiger charge is -2.05. The Labute approximate surface area is 106 Å². The number of carbonyl (C=O) groups is 1. The molecule has 0 spiro atoms. The Morgan fingerprint density at radius 2 is 2.31 bits per heavy atom. The Morgan fingerprint density at radius 1 is 1.56 bits per heavy atom. The topological polar surface area (TPSA) is 90.4 Å². The van der Waals surface area contributed by atoms with E-state index >= 15 is 0 Å². The van der Waals surface area contributed by atoms with Crippen LogP contribution in [-0.4, -0.2) is 11.7 Å². The van der Waals surface area contributed by atoms with E-state index in [0.29, 0.717) is 11.4 Å². The fourth-order valence-corrected chi connectivity index (χ4v) is 2.58. The summed E-state index contributed by atoms with van der Waals surface area (Å²) in [5.74, 6) is 5.06.